The smallest absolute Gasteiger partial charge is 0.121 e. The van der Waals surface area contributed by atoms with Crippen molar-refractivity contribution in [3.63, 3.8) is 0 Å². The fourth-order valence-corrected chi connectivity index (χ4v) is 5.24. The molecule has 3 atom stereocenters. The number of aromatic amines is 1. The van der Waals surface area contributed by atoms with Gasteiger partial charge in [0.05, 0.1) is 23.2 Å². The van der Waals surface area contributed by atoms with Crippen LogP contribution in [0.5, 0.6) is 0 Å². The van der Waals surface area contributed by atoms with Gasteiger partial charge in [0.15, 0.2) is 0 Å². The molecule has 3 aliphatic carbocycles. The maximum absolute atomic E-state index is 11.5. The number of H-pyrrole nitrogens is 1. The van der Waals surface area contributed by atoms with Gasteiger partial charge < -0.3 is 10.1 Å². The highest BCUT2D eigenvalue weighted by molar-refractivity contribution is 5.74. The van der Waals surface area contributed by atoms with Crippen molar-refractivity contribution in [3.8, 4) is 0 Å². The van der Waals surface area contributed by atoms with Gasteiger partial charge in [0.2, 0.25) is 0 Å². The number of imidazole rings is 1. The zero-order valence-electron chi connectivity index (χ0n) is 17.0. The molecule has 1 fully saturated rings. The van der Waals surface area contributed by atoms with E-state index in [9.17, 15) is 5.11 Å². The van der Waals surface area contributed by atoms with Gasteiger partial charge in [0, 0.05) is 12.5 Å². The Morgan fingerprint density at radius 3 is 2.66 bits per heavy atom. The van der Waals surface area contributed by atoms with Crippen molar-refractivity contribution in [3.05, 3.63) is 72.1 Å². The Balaban J connectivity index is 1.24. The molecule has 0 aliphatic heterocycles. The molecule has 0 radical (unpaired) electrons. The number of hydrogen-bond acceptors (Lipinski definition) is 3. The summed E-state index contributed by atoms with van der Waals surface area (Å²) in [5.41, 5.74) is 4.28. The van der Waals surface area contributed by atoms with Gasteiger partial charge in [-0.2, -0.15) is 0 Å². The third kappa shape index (κ3) is 3.63. The highest BCUT2D eigenvalue weighted by Crippen LogP contribution is 2.51. The third-order valence-corrected chi connectivity index (χ3v) is 6.83. The second kappa shape index (κ2) is 7.43. The summed E-state index contributed by atoms with van der Waals surface area (Å²) in [4.78, 5) is 10.3. The topological polar surface area (TPSA) is 52.1 Å². The lowest BCUT2D eigenvalue weighted by Crippen LogP contribution is -2.47. The molecule has 6 rings (SSSR count). The van der Waals surface area contributed by atoms with Gasteiger partial charge in [0.1, 0.15) is 5.82 Å². The van der Waals surface area contributed by atoms with E-state index in [1.54, 1.807) is 0 Å². The van der Waals surface area contributed by atoms with Gasteiger partial charge in [0.25, 0.3) is 0 Å². The summed E-state index contributed by atoms with van der Waals surface area (Å²) in [6.07, 6.45) is 6.36. The second-order valence-corrected chi connectivity index (χ2v) is 8.86. The number of allylic oxidation sites excluding steroid dienone is 1. The van der Waals surface area contributed by atoms with E-state index in [-0.39, 0.29) is 5.92 Å². The first kappa shape index (κ1) is 18.6. The first-order chi connectivity index (χ1) is 14.1. The Kier molecular flexibility index (Phi) is 4.76. The molecular weight excluding hydrogens is 358 g/mol. The van der Waals surface area contributed by atoms with Crippen molar-refractivity contribution in [1.29, 1.82) is 0 Å². The largest absolute Gasteiger partial charge is 0.389 e. The third-order valence-electron chi connectivity index (χ3n) is 6.83. The van der Waals surface area contributed by atoms with E-state index in [2.05, 4.69) is 64.4 Å². The van der Waals surface area contributed by atoms with Crippen LogP contribution in [0.4, 0.5) is 0 Å². The molecule has 0 spiro atoms. The summed E-state index contributed by atoms with van der Waals surface area (Å²) in [6, 6.07) is 18.8. The minimum Gasteiger partial charge on any atom is -0.389 e. The lowest BCUT2D eigenvalue weighted by Gasteiger charge is -2.48. The second-order valence-electron chi connectivity index (χ2n) is 8.86. The maximum atomic E-state index is 11.5. The van der Waals surface area contributed by atoms with Crippen molar-refractivity contribution in [2.45, 2.75) is 37.8 Å². The monoisotopic (exact) mass is 387 g/mol. The Labute approximate surface area is 172 Å². The minimum atomic E-state index is -0.580. The average Bonchev–Trinajstić information content (AvgIpc) is 3.15. The predicted molar refractivity (Wildman–Crippen MR) is 117 cm³/mol. The van der Waals surface area contributed by atoms with Gasteiger partial charge in [-0.05, 0) is 61.9 Å². The van der Waals surface area contributed by atoms with Crippen LogP contribution < -0.4 is 0 Å². The van der Waals surface area contributed by atoms with E-state index in [0.717, 1.165) is 49.2 Å². The summed E-state index contributed by atoms with van der Waals surface area (Å²) in [5.74, 6) is 1.73. The minimum absolute atomic E-state index is 0.266. The number of para-hydroxylation sites is 2. The van der Waals surface area contributed by atoms with Crippen molar-refractivity contribution in [2.24, 2.45) is 11.8 Å². The molecule has 4 nitrogen and oxygen atoms in total. The highest BCUT2D eigenvalue weighted by Gasteiger charge is 2.46. The van der Waals surface area contributed by atoms with Gasteiger partial charge in [-0.15, -0.1) is 0 Å². The number of nitrogens with zero attached hydrogens (tertiary/aromatic N) is 2. The molecule has 2 bridgehead atoms. The van der Waals surface area contributed by atoms with E-state index in [0.29, 0.717) is 5.92 Å². The molecule has 0 unspecified atom stereocenters. The Morgan fingerprint density at radius 2 is 1.90 bits per heavy atom. The molecule has 0 saturated heterocycles. The molecule has 1 aromatic heterocycles. The summed E-state index contributed by atoms with van der Waals surface area (Å²) >= 11 is 0. The molecule has 150 valence electrons. The predicted octanol–water partition coefficient (Wildman–Crippen LogP) is 4.63. The molecule has 1 heterocycles. The van der Waals surface area contributed by atoms with Gasteiger partial charge in [-0.1, -0.05) is 48.5 Å². The number of hydrogen-bond donors (Lipinski definition) is 2. The molecule has 29 heavy (non-hydrogen) atoms. The number of nitrogens with one attached hydrogen (secondary N) is 1. The van der Waals surface area contributed by atoms with Crippen LogP contribution in [0.1, 0.15) is 37.1 Å². The number of rotatable bonds is 6. The standard InChI is InChI=1S/C25H29N3O/c1-28(17-24-26-22-9-5-6-10-23(22)27-24)14-13-25(29)16-19-11-12-20(25)15-21(19)18-7-3-2-4-8-18/h2-10,15,19-20,29H,11-14,16-17H2,1H3,(H,26,27)/t19-,20-,25+/m1/s1. The van der Waals surface area contributed by atoms with Crippen LogP contribution in [-0.2, 0) is 6.54 Å². The van der Waals surface area contributed by atoms with Crippen molar-refractivity contribution in [1.82, 2.24) is 14.9 Å². The molecule has 4 heteroatoms. The van der Waals surface area contributed by atoms with E-state index in [1.165, 1.54) is 17.6 Å². The summed E-state index contributed by atoms with van der Waals surface area (Å²) in [5, 5.41) is 11.5. The lowest BCUT2D eigenvalue weighted by molar-refractivity contribution is -0.0578. The van der Waals surface area contributed by atoms with Crippen molar-refractivity contribution in [2.75, 3.05) is 13.6 Å². The molecule has 3 aromatic rings. The first-order valence-electron chi connectivity index (χ1n) is 10.7. The number of fused-ring (bicyclic) bond motifs is 3. The number of aromatic nitrogens is 2. The molecule has 0 amide bonds. The van der Waals surface area contributed by atoms with Crippen LogP contribution in [-0.4, -0.2) is 39.2 Å². The van der Waals surface area contributed by atoms with Crippen molar-refractivity contribution < 1.29 is 5.11 Å². The fourth-order valence-electron chi connectivity index (χ4n) is 5.24. The Bertz CT molecular complexity index is 992. The quantitative estimate of drug-likeness (QED) is 0.648. The van der Waals surface area contributed by atoms with Gasteiger partial charge in [-0.25, -0.2) is 4.98 Å². The molecule has 3 aliphatic rings. The van der Waals surface area contributed by atoms with E-state index in [1.807, 2.05) is 18.2 Å². The zero-order chi connectivity index (χ0) is 19.8. The first-order valence-corrected chi connectivity index (χ1v) is 10.7. The summed E-state index contributed by atoms with van der Waals surface area (Å²) in [6.45, 7) is 1.63. The summed E-state index contributed by atoms with van der Waals surface area (Å²) in [7, 11) is 2.11. The van der Waals surface area contributed by atoms with E-state index >= 15 is 0 Å². The zero-order valence-corrected chi connectivity index (χ0v) is 17.0. The SMILES string of the molecule is CN(CC[C@]1(O)C[C@H]2CC[C@@H]1C=C2c1ccccc1)Cc1nc2ccccc2[nH]1. The van der Waals surface area contributed by atoms with Crippen LogP contribution in [0.3, 0.4) is 0 Å². The number of aliphatic hydroxyl groups is 1. The summed E-state index contributed by atoms with van der Waals surface area (Å²) < 4.78 is 0. The lowest BCUT2D eigenvalue weighted by atomic mass is 9.61. The van der Waals surface area contributed by atoms with Crippen LogP contribution in [0, 0.1) is 11.8 Å². The fraction of sp³-hybridized carbons (Fsp3) is 0.400. The Morgan fingerprint density at radius 1 is 1.10 bits per heavy atom. The van der Waals surface area contributed by atoms with Gasteiger partial charge in [-0.3, -0.25) is 4.90 Å². The van der Waals surface area contributed by atoms with E-state index in [4.69, 9.17) is 0 Å². The average molecular weight is 388 g/mol. The Hall–Kier alpha value is -2.43. The highest BCUT2D eigenvalue weighted by atomic mass is 16.3. The van der Waals surface area contributed by atoms with Crippen LogP contribution >= 0.6 is 0 Å². The normalized spacial score (nSPS) is 26.2. The van der Waals surface area contributed by atoms with Gasteiger partial charge >= 0.3 is 0 Å². The molecular formula is C25H29N3O. The maximum Gasteiger partial charge on any atom is 0.121 e. The van der Waals surface area contributed by atoms with Crippen LogP contribution in [0.2, 0.25) is 0 Å². The van der Waals surface area contributed by atoms with E-state index < -0.39 is 5.60 Å². The van der Waals surface area contributed by atoms with Crippen molar-refractivity contribution >= 4 is 16.6 Å². The number of benzene rings is 2. The van der Waals surface area contributed by atoms with Crippen LogP contribution in [0.25, 0.3) is 16.6 Å². The molecule has 2 N–H and O–H groups in total. The molecule has 2 aromatic carbocycles. The molecule has 1 saturated carbocycles. The van der Waals surface area contributed by atoms with Crippen LogP contribution in [0.15, 0.2) is 60.7 Å².